The van der Waals surface area contributed by atoms with Gasteiger partial charge in [-0.2, -0.15) is 0 Å². The second-order valence-electron chi connectivity index (χ2n) is 22.9. The molecule has 1 rings (SSSR count). The highest BCUT2D eigenvalue weighted by molar-refractivity contribution is 5.76. The standard InChI is InChI=1S/C77H125NO8/c1-3-5-7-9-11-13-15-17-19-21-23-25-27-28-29-30-31-32-33-34-35-36-37-38-39-40-41-42-43-44-45-47-49-51-53-55-57-59-61-63-65-67-73(81)78-70(69-85-77-76(84)75(83)74(82)72(68-79)86-77)71(80)66-64-62-60-58-56-54-52-50-48-46-26-24-22-20-18-16-14-12-10-8-6-4-2/h5,7,11,13,17,19,23,25,28-29,31-32,34-35,37-38,40-41,43-44,47-50,56,58,64,66,70-72,74-77,79-80,82-84H,3-4,6,8-10,12,14-16,18,20-22,24,26-27,30,33,36,39,42,45-46,51-55,57,59-63,65,67-69H2,1-2H3,(H,78,81)/b7-5-,13-11-,19-17-,25-23-,29-28-,32-31-,35-34-,38-37-,41-40-,44-43-,49-47-,50-48+,58-56+,66-64+. The molecule has 0 saturated carbocycles. The zero-order valence-electron chi connectivity index (χ0n) is 54.2. The van der Waals surface area contributed by atoms with E-state index in [4.69, 9.17) is 9.47 Å². The maximum atomic E-state index is 13.1. The van der Waals surface area contributed by atoms with E-state index < -0.39 is 49.5 Å². The van der Waals surface area contributed by atoms with Crippen LogP contribution in [0.5, 0.6) is 0 Å². The van der Waals surface area contributed by atoms with Crippen molar-refractivity contribution in [1.82, 2.24) is 5.32 Å². The minimum atomic E-state index is -1.59. The first-order valence-corrected chi connectivity index (χ1v) is 34.4. The minimum Gasteiger partial charge on any atom is -0.394 e. The number of carbonyl (C=O) groups is 1. The van der Waals surface area contributed by atoms with E-state index in [1.165, 1.54) is 96.3 Å². The normalized spacial score (nSPS) is 19.2. The van der Waals surface area contributed by atoms with Crippen LogP contribution in [0.2, 0.25) is 0 Å². The highest BCUT2D eigenvalue weighted by Crippen LogP contribution is 2.23. The maximum Gasteiger partial charge on any atom is 0.220 e. The van der Waals surface area contributed by atoms with Crippen LogP contribution in [-0.2, 0) is 14.3 Å². The summed E-state index contributed by atoms with van der Waals surface area (Å²) < 4.78 is 11.3. The number of ether oxygens (including phenoxy) is 2. The van der Waals surface area contributed by atoms with Gasteiger partial charge in [0.2, 0.25) is 5.91 Å². The molecule has 486 valence electrons. The summed E-state index contributed by atoms with van der Waals surface area (Å²) >= 11 is 0. The van der Waals surface area contributed by atoms with Crippen molar-refractivity contribution in [3.63, 3.8) is 0 Å². The van der Waals surface area contributed by atoms with Crippen molar-refractivity contribution >= 4 is 5.91 Å². The van der Waals surface area contributed by atoms with E-state index in [9.17, 15) is 30.3 Å². The van der Waals surface area contributed by atoms with Crippen LogP contribution in [0.4, 0.5) is 0 Å². The fourth-order valence-corrected chi connectivity index (χ4v) is 9.66. The molecule has 1 saturated heterocycles. The summed E-state index contributed by atoms with van der Waals surface area (Å²) in [4.78, 5) is 13.1. The number of rotatable bonds is 57. The lowest BCUT2D eigenvalue weighted by Crippen LogP contribution is -2.60. The van der Waals surface area contributed by atoms with Crippen molar-refractivity contribution in [2.75, 3.05) is 13.2 Å². The minimum absolute atomic E-state index is 0.208. The van der Waals surface area contributed by atoms with Crippen LogP contribution in [0.25, 0.3) is 0 Å². The lowest BCUT2D eigenvalue weighted by Gasteiger charge is -2.40. The van der Waals surface area contributed by atoms with E-state index in [1.54, 1.807) is 6.08 Å². The van der Waals surface area contributed by atoms with Crippen molar-refractivity contribution in [3.8, 4) is 0 Å². The van der Waals surface area contributed by atoms with Gasteiger partial charge in [-0.05, 0) is 128 Å². The summed E-state index contributed by atoms with van der Waals surface area (Å²) in [7, 11) is 0. The van der Waals surface area contributed by atoms with Crippen molar-refractivity contribution < 1.29 is 39.8 Å². The topological polar surface area (TPSA) is 149 Å². The van der Waals surface area contributed by atoms with Crippen LogP contribution in [0, 0.1) is 0 Å². The number of nitrogens with one attached hydrogen (secondary N) is 1. The molecule has 6 N–H and O–H groups in total. The van der Waals surface area contributed by atoms with E-state index in [2.05, 4.69) is 177 Å². The van der Waals surface area contributed by atoms with Crippen molar-refractivity contribution in [2.24, 2.45) is 0 Å². The summed E-state index contributed by atoms with van der Waals surface area (Å²) in [6, 6.07) is -0.848. The van der Waals surface area contributed by atoms with Gasteiger partial charge < -0.3 is 40.3 Å². The zero-order chi connectivity index (χ0) is 62.1. The smallest absolute Gasteiger partial charge is 0.220 e. The van der Waals surface area contributed by atoms with Crippen LogP contribution in [0.3, 0.4) is 0 Å². The van der Waals surface area contributed by atoms with Crippen LogP contribution >= 0.6 is 0 Å². The Kier molecular flexibility index (Phi) is 58.8. The first-order chi connectivity index (χ1) is 42.3. The Morgan fingerprint density at radius 2 is 0.733 bits per heavy atom. The lowest BCUT2D eigenvalue weighted by molar-refractivity contribution is -0.302. The summed E-state index contributed by atoms with van der Waals surface area (Å²) in [5.74, 6) is -0.208. The first kappa shape index (κ1) is 79.6. The molecule has 1 heterocycles. The number of hydrogen-bond acceptors (Lipinski definition) is 8. The molecule has 0 aromatic rings. The molecule has 1 aliphatic rings. The number of allylic oxidation sites excluding steroid dienone is 27. The SMILES string of the molecule is CC/C=C\C/C=C\C/C=C\C/C=C\C/C=C\C/C=C\C/C=C\C/C=C\C/C=C\C/C=C\C/C=C\CCCCCCCCCC(=O)NC(COC1OC(CO)C(O)C(O)C1O)C(O)/C=C/CC/C=C/CC/C=C/CCCCCCCCCCCCCC. The average Bonchev–Trinajstić information content (AvgIpc) is 2.36. The Morgan fingerprint density at radius 3 is 1.12 bits per heavy atom. The van der Waals surface area contributed by atoms with Gasteiger partial charge in [0.15, 0.2) is 6.29 Å². The second kappa shape index (κ2) is 63.6. The number of hydrogen-bond donors (Lipinski definition) is 6. The van der Waals surface area contributed by atoms with E-state index in [0.717, 1.165) is 135 Å². The lowest BCUT2D eigenvalue weighted by atomic mass is 9.99. The second-order valence-corrected chi connectivity index (χ2v) is 22.9. The molecule has 0 bridgehead atoms. The predicted octanol–water partition coefficient (Wildman–Crippen LogP) is 18.9. The van der Waals surface area contributed by atoms with Gasteiger partial charge >= 0.3 is 0 Å². The Morgan fingerprint density at radius 1 is 0.407 bits per heavy atom. The fraction of sp³-hybridized carbons (Fsp3) is 0.623. The van der Waals surface area contributed by atoms with Crippen LogP contribution in [-0.4, -0.2) is 87.5 Å². The quantitative estimate of drug-likeness (QED) is 0.0261. The summed E-state index contributed by atoms with van der Waals surface area (Å²) in [5.41, 5.74) is 0. The van der Waals surface area contributed by atoms with Gasteiger partial charge in [0.1, 0.15) is 24.4 Å². The van der Waals surface area contributed by atoms with Gasteiger partial charge in [-0.25, -0.2) is 0 Å². The van der Waals surface area contributed by atoms with Crippen LogP contribution < -0.4 is 5.32 Å². The molecule has 0 spiro atoms. The van der Waals surface area contributed by atoms with Gasteiger partial charge in [-0.1, -0.05) is 287 Å². The third-order valence-corrected chi connectivity index (χ3v) is 15.0. The van der Waals surface area contributed by atoms with Gasteiger partial charge in [-0.15, -0.1) is 0 Å². The predicted molar refractivity (Wildman–Crippen MR) is 368 cm³/mol. The number of amides is 1. The van der Waals surface area contributed by atoms with E-state index >= 15 is 0 Å². The number of aliphatic hydroxyl groups is 5. The first-order valence-electron chi connectivity index (χ1n) is 34.4. The molecule has 1 amide bonds. The molecule has 7 unspecified atom stereocenters. The van der Waals surface area contributed by atoms with Gasteiger partial charge in [0, 0.05) is 6.42 Å². The third kappa shape index (κ3) is 51.6. The fourth-order valence-electron chi connectivity index (χ4n) is 9.66. The molecule has 0 aliphatic carbocycles. The molecule has 86 heavy (non-hydrogen) atoms. The maximum absolute atomic E-state index is 13.1. The molecule has 9 heteroatoms. The number of unbranched alkanes of at least 4 members (excludes halogenated alkanes) is 21. The van der Waals surface area contributed by atoms with E-state index in [-0.39, 0.29) is 12.5 Å². The Labute approximate surface area is 526 Å². The highest BCUT2D eigenvalue weighted by Gasteiger charge is 2.44. The van der Waals surface area contributed by atoms with Gasteiger partial charge in [-0.3, -0.25) is 4.79 Å². The Hall–Kier alpha value is -4.45. The largest absolute Gasteiger partial charge is 0.394 e. The summed E-state index contributed by atoms with van der Waals surface area (Å²) in [6.45, 7) is 3.64. The molecule has 9 nitrogen and oxygen atoms in total. The van der Waals surface area contributed by atoms with Crippen LogP contribution in [0.1, 0.15) is 251 Å². The molecule has 1 aliphatic heterocycles. The molecule has 7 atom stereocenters. The molecule has 0 aromatic carbocycles. The molecule has 0 radical (unpaired) electrons. The van der Waals surface area contributed by atoms with Gasteiger partial charge in [0.05, 0.1) is 25.4 Å². The number of aliphatic hydroxyl groups excluding tert-OH is 5. The molecular weight excluding hydrogens is 1070 g/mol. The highest BCUT2D eigenvalue weighted by atomic mass is 16.7. The Balaban J connectivity index is 2.20. The summed E-state index contributed by atoms with van der Waals surface area (Å²) in [6.07, 6.45) is 94.4. The van der Waals surface area contributed by atoms with Crippen molar-refractivity contribution in [3.05, 3.63) is 170 Å². The van der Waals surface area contributed by atoms with Gasteiger partial charge in [0.25, 0.3) is 0 Å². The van der Waals surface area contributed by atoms with Crippen LogP contribution in [0.15, 0.2) is 170 Å². The number of carbonyl (C=O) groups excluding carboxylic acids is 1. The summed E-state index contributed by atoms with van der Waals surface area (Å²) in [5, 5.41) is 54.6. The monoisotopic (exact) mass is 1190 g/mol. The third-order valence-electron chi connectivity index (χ3n) is 15.0. The average molecular weight is 1190 g/mol. The molecular formula is C77H125NO8. The van der Waals surface area contributed by atoms with E-state index in [0.29, 0.717) is 6.42 Å². The molecule has 0 aromatic heterocycles. The molecule has 1 fully saturated rings. The van der Waals surface area contributed by atoms with Crippen molar-refractivity contribution in [1.29, 1.82) is 0 Å². The zero-order valence-corrected chi connectivity index (χ0v) is 54.2. The Bertz CT molecular complexity index is 1960. The van der Waals surface area contributed by atoms with Crippen molar-refractivity contribution in [2.45, 2.75) is 294 Å². The van der Waals surface area contributed by atoms with E-state index in [1.807, 2.05) is 6.08 Å².